The molecule has 4 aromatic rings. The molecule has 0 saturated heterocycles. The number of carbonyl (C=O) groups is 2. The van der Waals surface area contributed by atoms with E-state index in [9.17, 15) is 9.59 Å². The van der Waals surface area contributed by atoms with Gasteiger partial charge in [-0.1, -0.05) is 25.1 Å². The fourth-order valence-electron chi connectivity index (χ4n) is 5.23. The van der Waals surface area contributed by atoms with E-state index in [4.69, 9.17) is 10.5 Å². The van der Waals surface area contributed by atoms with Crippen molar-refractivity contribution in [3.8, 4) is 5.75 Å². The number of nitrogen functional groups attached to an aromatic ring is 1. The maximum atomic E-state index is 12.3. The quantitative estimate of drug-likeness (QED) is 0.187. The third-order valence-corrected chi connectivity index (χ3v) is 7.57. The van der Waals surface area contributed by atoms with Gasteiger partial charge in [-0.25, -0.2) is 19.7 Å². The summed E-state index contributed by atoms with van der Waals surface area (Å²) in [7, 11) is 0. The largest absolute Gasteiger partial charge is 0.494 e. The molecule has 2 unspecified atom stereocenters. The first kappa shape index (κ1) is 27.4. The van der Waals surface area contributed by atoms with Crippen LogP contribution in [0.25, 0.3) is 21.9 Å². The number of imidazole rings is 1. The second-order valence-corrected chi connectivity index (χ2v) is 10.4. The van der Waals surface area contributed by atoms with Crippen molar-refractivity contribution < 1.29 is 19.2 Å². The summed E-state index contributed by atoms with van der Waals surface area (Å²) in [4.78, 5) is 34.4. The van der Waals surface area contributed by atoms with Crippen LogP contribution in [-0.4, -0.2) is 45.7 Å². The van der Waals surface area contributed by atoms with Crippen molar-refractivity contribution in [2.45, 2.75) is 65.0 Å². The van der Waals surface area contributed by atoms with E-state index in [0.717, 1.165) is 82.6 Å². The van der Waals surface area contributed by atoms with Gasteiger partial charge < -0.3 is 20.4 Å². The van der Waals surface area contributed by atoms with E-state index < -0.39 is 0 Å². The van der Waals surface area contributed by atoms with Crippen molar-refractivity contribution in [3.63, 3.8) is 0 Å². The molecule has 0 bridgehead atoms. The fourth-order valence-corrected chi connectivity index (χ4v) is 5.23. The Balaban J connectivity index is 0.988. The Labute approximate surface area is 233 Å². The van der Waals surface area contributed by atoms with Gasteiger partial charge >= 0.3 is 6.03 Å². The van der Waals surface area contributed by atoms with E-state index in [-0.39, 0.29) is 18.0 Å². The number of ether oxygens (including phenoxy) is 1. The number of quaternary nitrogens is 1. The summed E-state index contributed by atoms with van der Waals surface area (Å²) >= 11 is 0. The molecule has 3 amide bonds. The Hall–Kier alpha value is -4.18. The van der Waals surface area contributed by atoms with Gasteiger partial charge in [-0.05, 0) is 51.2 Å². The van der Waals surface area contributed by atoms with Gasteiger partial charge in [-0.15, -0.1) is 0 Å². The summed E-state index contributed by atoms with van der Waals surface area (Å²) in [6, 6.07) is 13.9. The number of aryl methyl sites for hydroxylation is 1. The number of urea groups is 1. The Morgan fingerprint density at radius 3 is 2.88 bits per heavy atom. The van der Waals surface area contributed by atoms with Crippen LogP contribution in [0.5, 0.6) is 5.75 Å². The summed E-state index contributed by atoms with van der Waals surface area (Å²) in [5.41, 5.74) is 10.5. The highest BCUT2D eigenvalue weighted by molar-refractivity contribution is 6.06. The Morgan fingerprint density at radius 2 is 2.02 bits per heavy atom. The van der Waals surface area contributed by atoms with Crippen molar-refractivity contribution in [1.29, 1.82) is 0 Å². The van der Waals surface area contributed by atoms with Crippen LogP contribution in [0.1, 0.15) is 52.4 Å². The average molecular weight is 545 g/mol. The average Bonchev–Trinajstić information content (AvgIpc) is 3.53. The molecule has 2 aromatic heterocycles. The monoisotopic (exact) mass is 544 g/mol. The lowest BCUT2D eigenvalue weighted by Gasteiger charge is -2.16. The third kappa shape index (κ3) is 5.86. The lowest BCUT2D eigenvalue weighted by Crippen LogP contribution is -3.12. The molecule has 0 fully saturated rings. The second kappa shape index (κ2) is 12.3. The Bertz CT molecular complexity index is 1520. The van der Waals surface area contributed by atoms with Crippen molar-refractivity contribution in [2.24, 2.45) is 0 Å². The number of rotatable bonds is 13. The number of carbonyl (C=O) groups excluding carboxylic acids is 2. The first-order valence-electron chi connectivity index (χ1n) is 14.2. The van der Waals surface area contributed by atoms with E-state index in [1.165, 1.54) is 0 Å². The molecule has 2 aromatic carbocycles. The van der Waals surface area contributed by atoms with Gasteiger partial charge in [0.1, 0.15) is 17.0 Å². The van der Waals surface area contributed by atoms with Crippen molar-refractivity contribution in [2.75, 3.05) is 24.2 Å². The molecule has 1 aliphatic heterocycles. The van der Waals surface area contributed by atoms with E-state index in [1.807, 2.05) is 48.8 Å². The molecule has 210 valence electrons. The van der Waals surface area contributed by atoms with E-state index in [2.05, 4.69) is 39.0 Å². The highest BCUT2D eigenvalue weighted by Gasteiger charge is 2.36. The number of unbranched alkanes of at least 4 members (excludes halogenated alkanes) is 2. The highest BCUT2D eigenvalue weighted by Crippen LogP contribution is 2.29. The summed E-state index contributed by atoms with van der Waals surface area (Å²) in [6.45, 7) is 6.12. The maximum Gasteiger partial charge on any atom is 0.424 e. The molecule has 40 heavy (non-hydrogen) atoms. The first-order valence-corrected chi connectivity index (χ1v) is 14.2. The Morgan fingerprint density at radius 1 is 1.18 bits per heavy atom. The molecule has 0 radical (unpaired) electrons. The van der Waals surface area contributed by atoms with Gasteiger partial charge in [-0.3, -0.25) is 10.1 Å². The number of nitrogens with zero attached hydrogens (tertiary/aromatic N) is 3. The number of benzene rings is 2. The first-order chi connectivity index (χ1) is 19.5. The van der Waals surface area contributed by atoms with Gasteiger partial charge in [0.05, 0.1) is 30.0 Å². The van der Waals surface area contributed by atoms with Crippen molar-refractivity contribution in [3.05, 3.63) is 48.8 Å². The van der Waals surface area contributed by atoms with Crippen LogP contribution in [0, 0.1) is 0 Å². The van der Waals surface area contributed by atoms with Crippen LogP contribution >= 0.6 is 0 Å². The number of amides is 3. The Kier molecular flexibility index (Phi) is 8.45. The molecule has 0 spiro atoms. The van der Waals surface area contributed by atoms with Crippen LogP contribution in [0.15, 0.2) is 48.8 Å². The van der Waals surface area contributed by atoms with E-state index >= 15 is 0 Å². The molecule has 5 N–H and O–H groups in total. The number of hydrogen-bond acceptors (Lipinski definition) is 6. The predicted molar refractivity (Wildman–Crippen MR) is 157 cm³/mol. The smallest absolute Gasteiger partial charge is 0.424 e. The normalized spacial score (nSPS) is 15.2. The SMILES string of the molecule is CCC(C)[NH+]1C(=O)Nc2cc(OCCCCC(=O)NCCCCn3cnc4c(N)nc5ccccc5c43)ccc21. The molecule has 5 rings (SSSR count). The van der Waals surface area contributed by atoms with Crippen LogP contribution < -0.4 is 26.0 Å². The molecule has 10 heteroatoms. The number of nitrogens with one attached hydrogen (secondary N) is 3. The van der Waals surface area contributed by atoms with E-state index in [1.54, 1.807) is 0 Å². The number of aromatic nitrogens is 3. The zero-order valence-electron chi connectivity index (χ0n) is 23.2. The van der Waals surface area contributed by atoms with E-state index in [0.29, 0.717) is 25.4 Å². The molecular formula is C30H38N7O3+. The maximum absolute atomic E-state index is 12.3. The molecule has 3 heterocycles. The summed E-state index contributed by atoms with van der Waals surface area (Å²) in [6.07, 6.45) is 6.52. The lowest BCUT2D eigenvalue weighted by atomic mass is 10.2. The number of anilines is 2. The minimum atomic E-state index is -0.0147. The minimum absolute atomic E-state index is 0.0147. The molecule has 2 atom stereocenters. The lowest BCUT2D eigenvalue weighted by molar-refractivity contribution is -0.765. The predicted octanol–water partition coefficient (Wildman–Crippen LogP) is 4.17. The van der Waals surface area contributed by atoms with Crippen molar-refractivity contribution >= 4 is 51.1 Å². The van der Waals surface area contributed by atoms with Crippen LogP contribution in [0.3, 0.4) is 0 Å². The van der Waals surface area contributed by atoms with Crippen LogP contribution in [0.2, 0.25) is 0 Å². The van der Waals surface area contributed by atoms with Gasteiger partial charge in [0, 0.05) is 37.0 Å². The number of hydrogen-bond donors (Lipinski definition) is 4. The fraction of sp³-hybridized carbons (Fsp3) is 0.400. The van der Waals surface area contributed by atoms with Gasteiger partial charge in [-0.2, -0.15) is 0 Å². The molecule has 10 nitrogen and oxygen atoms in total. The zero-order valence-corrected chi connectivity index (χ0v) is 23.2. The van der Waals surface area contributed by atoms with Crippen LogP contribution in [-0.2, 0) is 11.3 Å². The summed E-state index contributed by atoms with van der Waals surface area (Å²) in [5, 5.41) is 7.01. The second-order valence-electron chi connectivity index (χ2n) is 10.4. The number of pyridine rings is 1. The van der Waals surface area contributed by atoms with Gasteiger partial charge in [0.25, 0.3) is 0 Å². The standard InChI is InChI=1S/C30H37N7O3/c1-3-20(2)37-25-14-13-21(18-24(25)35-30(37)39)40-17-9-6-12-26(38)32-15-7-8-16-36-19-33-27-28(36)22-10-4-5-11-23(22)34-29(27)31/h4-5,10-11,13-14,18-20H,3,6-9,12,15-17H2,1-2H3,(H2,31,34)(H,32,38)(H,35,39)/p+1. The number of para-hydroxylation sites is 1. The topological polar surface area (TPSA) is 129 Å². The highest BCUT2D eigenvalue weighted by atomic mass is 16.5. The summed E-state index contributed by atoms with van der Waals surface area (Å²) in [5.74, 6) is 1.23. The molecule has 1 aliphatic rings. The zero-order chi connectivity index (χ0) is 28.1. The molecular weight excluding hydrogens is 506 g/mol. The number of fused-ring (bicyclic) bond motifs is 4. The molecule has 0 saturated carbocycles. The van der Waals surface area contributed by atoms with Crippen molar-refractivity contribution in [1.82, 2.24) is 19.9 Å². The summed E-state index contributed by atoms with van der Waals surface area (Å²) < 4.78 is 7.99. The number of nitrogens with two attached hydrogens (primary N) is 1. The minimum Gasteiger partial charge on any atom is -0.494 e. The molecule has 0 aliphatic carbocycles. The van der Waals surface area contributed by atoms with Gasteiger partial charge in [0.15, 0.2) is 11.5 Å². The van der Waals surface area contributed by atoms with Gasteiger partial charge in [0.2, 0.25) is 5.91 Å². The third-order valence-electron chi connectivity index (χ3n) is 7.57. The van der Waals surface area contributed by atoms with Crippen LogP contribution in [0.4, 0.5) is 22.0 Å².